The zero-order valence-corrected chi connectivity index (χ0v) is 13.3. The highest BCUT2D eigenvalue weighted by Gasteiger charge is 2.23. The largest absolute Gasteiger partial charge is 0.378 e. The van der Waals surface area contributed by atoms with Crippen LogP contribution in [0.5, 0.6) is 0 Å². The molecule has 1 fully saturated rings. The maximum atomic E-state index is 12.4. The summed E-state index contributed by atoms with van der Waals surface area (Å²) in [7, 11) is -3.24. The van der Waals surface area contributed by atoms with Gasteiger partial charge in [-0.15, -0.1) is 0 Å². The van der Waals surface area contributed by atoms with Crippen LogP contribution in [0.25, 0.3) is 0 Å². The van der Waals surface area contributed by atoms with Crippen LogP contribution in [0.3, 0.4) is 0 Å². The van der Waals surface area contributed by atoms with Crippen molar-refractivity contribution >= 4 is 9.84 Å². The molecule has 1 aliphatic heterocycles. The van der Waals surface area contributed by atoms with E-state index in [0.717, 1.165) is 18.5 Å². The molecule has 1 atom stereocenters. The van der Waals surface area contributed by atoms with Crippen LogP contribution in [0.2, 0.25) is 0 Å². The first-order chi connectivity index (χ1) is 10.1. The van der Waals surface area contributed by atoms with Gasteiger partial charge in [0.05, 0.1) is 23.9 Å². The van der Waals surface area contributed by atoms with Crippen molar-refractivity contribution in [3.05, 3.63) is 29.8 Å². The van der Waals surface area contributed by atoms with Gasteiger partial charge < -0.3 is 10.5 Å². The summed E-state index contributed by atoms with van der Waals surface area (Å²) in [5, 5.41) is 0. The minimum atomic E-state index is -3.24. The predicted molar refractivity (Wildman–Crippen MR) is 82.9 cm³/mol. The summed E-state index contributed by atoms with van der Waals surface area (Å²) < 4.78 is 30.2. The van der Waals surface area contributed by atoms with Crippen molar-refractivity contribution in [2.24, 2.45) is 5.73 Å². The van der Waals surface area contributed by atoms with Crippen LogP contribution < -0.4 is 5.73 Å². The van der Waals surface area contributed by atoms with E-state index in [2.05, 4.69) is 11.8 Å². The van der Waals surface area contributed by atoms with E-state index in [1.165, 1.54) is 0 Å². The molecule has 1 saturated heterocycles. The molecule has 2 rings (SSSR count). The van der Waals surface area contributed by atoms with Gasteiger partial charge >= 0.3 is 0 Å². The lowest BCUT2D eigenvalue weighted by Crippen LogP contribution is -2.46. The Morgan fingerprint density at radius 1 is 1.33 bits per heavy atom. The second-order valence-corrected chi connectivity index (χ2v) is 7.45. The molecule has 0 spiro atoms. The zero-order valence-electron chi connectivity index (χ0n) is 12.5. The van der Waals surface area contributed by atoms with Crippen molar-refractivity contribution in [3.8, 4) is 0 Å². The second-order valence-electron chi connectivity index (χ2n) is 5.34. The van der Waals surface area contributed by atoms with Gasteiger partial charge in [0.2, 0.25) is 0 Å². The summed E-state index contributed by atoms with van der Waals surface area (Å²) >= 11 is 0. The molecule has 1 aliphatic rings. The van der Waals surface area contributed by atoms with E-state index in [1.54, 1.807) is 24.3 Å². The van der Waals surface area contributed by atoms with Crippen LogP contribution in [0.4, 0.5) is 0 Å². The van der Waals surface area contributed by atoms with Gasteiger partial charge in [0.25, 0.3) is 0 Å². The maximum Gasteiger partial charge on any atom is 0.179 e. The minimum Gasteiger partial charge on any atom is -0.378 e. The molecule has 1 aromatic carbocycles. The lowest BCUT2D eigenvalue weighted by atomic mass is 10.2. The molecule has 0 radical (unpaired) electrons. The molecule has 1 heterocycles. The number of morpholine rings is 1. The van der Waals surface area contributed by atoms with E-state index >= 15 is 0 Å². The highest BCUT2D eigenvalue weighted by Crippen LogP contribution is 2.15. The Kier molecular flexibility index (Phi) is 5.75. The van der Waals surface area contributed by atoms with E-state index in [4.69, 9.17) is 10.5 Å². The number of nitrogens with zero attached hydrogens (tertiary/aromatic N) is 1. The average Bonchev–Trinajstić information content (AvgIpc) is 2.53. The molecule has 1 aromatic rings. The fraction of sp³-hybridized carbons (Fsp3) is 0.600. The van der Waals surface area contributed by atoms with Gasteiger partial charge in [0.1, 0.15) is 0 Å². The van der Waals surface area contributed by atoms with E-state index in [9.17, 15) is 8.42 Å². The molecule has 118 valence electrons. The summed E-state index contributed by atoms with van der Waals surface area (Å²) in [6, 6.07) is 7.17. The Morgan fingerprint density at radius 2 is 2.05 bits per heavy atom. The summed E-state index contributed by atoms with van der Waals surface area (Å²) in [6.45, 7) is 5.27. The van der Waals surface area contributed by atoms with Crippen molar-refractivity contribution in [1.29, 1.82) is 0 Å². The van der Waals surface area contributed by atoms with Gasteiger partial charge in [-0.3, -0.25) is 4.90 Å². The molecule has 0 aliphatic carbocycles. The summed E-state index contributed by atoms with van der Waals surface area (Å²) in [6.07, 6.45) is 0.977. The molecule has 0 aromatic heterocycles. The molecule has 5 nitrogen and oxygen atoms in total. The first-order valence-electron chi connectivity index (χ1n) is 7.40. The molecular formula is C15H24N2O3S. The molecule has 2 N–H and O–H groups in total. The van der Waals surface area contributed by atoms with E-state index < -0.39 is 9.84 Å². The smallest absolute Gasteiger partial charge is 0.179 e. The van der Waals surface area contributed by atoms with Crippen LogP contribution in [0.1, 0.15) is 18.9 Å². The van der Waals surface area contributed by atoms with Crippen molar-refractivity contribution in [1.82, 2.24) is 4.90 Å². The van der Waals surface area contributed by atoms with Crippen molar-refractivity contribution < 1.29 is 13.2 Å². The summed E-state index contributed by atoms with van der Waals surface area (Å²) in [4.78, 5) is 2.59. The first kappa shape index (κ1) is 16.4. The standard InChI is InChI=1S/C15H24N2O3S/c1-2-14-12-20-9-7-17(14)8-10-21(18,19)15-5-3-13(11-16)4-6-15/h3-6,14H,2,7-12,16H2,1H3. The molecule has 6 heteroatoms. The number of sulfone groups is 1. The normalized spacial score (nSPS) is 20.6. The average molecular weight is 312 g/mol. The topological polar surface area (TPSA) is 72.6 Å². The molecule has 0 amide bonds. The Morgan fingerprint density at radius 3 is 2.67 bits per heavy atom. The Labute approximate surface area is 127 Å². The lowest BCUT2D eigenvalue weighted by molar-refractivity contribution is -0.00550. The van der Waals surface area contributed by atoms with Gasteiger partial charge in [-0.2, -0.15) is 0 Å². The quantitative estimate of drug-likeness (QED) is 0.849. The van der Waals surface area contributed by atoms with Crippen LogP contribution in [-0.4, -0.2) is 51.4 Å². The van der Waals surface area contributed by atoms with Crippen molar-refractivity contribution in [3.63, 3.8) is 0 Å². The Balaban J connectivity index is 1.99. The lowest BCUT2D eigenvalue weighted by Gasteiger charge is -2.34. The minimum absolute atomic E-state index is 0.144. The zero-order chi connectivity index (χ0) is 15.3. The molecule has 0 bridgehead atoms. The van der Waals surface area contributed by atoms with Crippen LogP contribution in [-0.2, 0) is 21.1 Å². The van der Waals surface area contributed by atoms with Crippen LogP contribution >= 0.6 is 0 Å². The summed E-state index contributed by atoms with van der Waals surface area (Å²) in [5.41, 5.74) is 6.47. The van der Waals surface area contributed by atoms with Gasteiger partial charge in [-0.25, -0.2) is 8.42 Å². The van der Waals surface area contributed by atoms with Gasteiger partial charge in [0.15, 0.2) is 9.84 Å². The molecular weight excluding hydrogens is 288 g/mol. The third-order valence-electron chi connectivity index (χ3n) is 3.99. The fourth-order valence-electron chi connectivity index (χ4n) is 2.55. The number of hydrogen-bond donors (Lipinski definition) is 1. The van der Waals surface area contributed by atoms with E-state index in [1.807, 2.05) is 0 Å². The highest BCUT2D eigenvalue weighted by molar-refractivity contribution is 7.91. The third-order valence-corrected chi connectivity index (χ3v) is 5.70. The first-order valence-corrected chi connectivity index (χ1v) is 9.05. The van der Waals surface area contributed by atoms with Crippen LogP contribution in [0.15, 0.2) is 29.2 Å². The van der Waals surface area contributed by atoms with Gasteiger partial charge in [0, 0.05) is 25.7 Å². The number of nitrogens with two attached hydrogens (primary N) is 1. The predicted octanol–water partition coefficient (Wildman–Crippen LogP) is 1.03. The molecule has 21 heavy (non-hydrogen) atoms. The maximum absolute atomic E-state index is 12.4. The summed E-state index contributed by atoms with van der Waals surface area (Å²) in [5.74, 6) is 0.144. The van der Waals surface area contributed by atoms with E-state index in [0.29, 0.717) is 37.2 Å². The molecule has 0 saturated carbocycles. The van der Waals surface area contributed by atoms with Gasteiger partial charge in [-0.05, 0) is 24.1 Å². The monoisotopic (exact) mass is 312 g/mol. The van der Waals surface area contributed by atoms with Gasteiger partial charge in [-0.1, -0.05) is 19.1 Å². The number of ether oxygens (including phenoxy) is 1. The van der Waals surface area contributed by atoms with Crippen molar-refractivity contribution in [2.45, 2.75) is 30.8 Å². The SMILES string of the molecule is CCC1COCCN1CCS(=O)(=O)c1ccc(CN)cc1. The second kappa shape index (κ2) is 7.35. The van der Waals surface area contributed by atoms with Crippen LogP contribution in [0, 0.1) is 0 Å². The van der Waals surface area contributed by atoms with E-state index in [-0.39, 0.29) is 5.75 Å². The Bertz CT molecular complexity index is 543. The number of benzene rings is 1. The highest BCUT2D eigenvalue weighted by atomic mass is 32.2. The fourth-order valence-corrected chi connectivity index (χ4v) is 3.81. The Hall–Kier alpha value is -0.950. The number of hydrogen-bond acceptors (Lipinski definition) is 5. The number of rotatable bonds is 6. The third kappa shape index (κ3) is 4.26. The molecule has 1 unspecified atom stereocenters. The van der Waals surface area contributed by atoms with Crippen molar-refractivity contribution in [2.75, 3.05) is 32.1 Å².